The zero-order valence-corrected chi connectivity index (χ0v) is 19.8. The summed E-state index contributed by atoms with van der Waals surface area (Å²) in [7, 11) is 0. The van der Waals surface area contributed by atoms with Gasteiger partial charge in [-0.15, -0.1) is 11.3 Å². The van der Waals surface area contributed by atoms with Crippen LogP contribution in [0.25, 0.3) is 10.4 Å². The Morgan fingerprint density at radius 2 is 1.84 bits per heavy atom. The molecule has 0 aliphatic heterocycles. The van der Waals surface area contributed by atoms with E-state index in [0.29, 0.717) is 12.1 Å². The van der Waals surface area contributed by atoms with Gasteiger partial charge in [0.25, 0.3) is 0 Å². The highest BCUT2D eigenvalue weighted by Gasteiger charge is 2.33. The Kier molecular flexibility index (Phi) is 6.79. The molecule has 1 aliphatic carbocycles. The van der Waals surface area contributed by atoms with Gasteiger partial charge in [0, 0.05) is 22.8 Å². The summed E-state index contributed by atoms with van der Waals surface area (Å²) in [5, 5.41) is 12.0. The lowest BCUT2D eigenvalue weighted by atomic mass is 9.76. The fraction of sp³-hybridized carbons (Fsp3) is 0.370. The summed E-state index contributed by atoms with van der Waals surface area (Å²) in [5.41, 5.74) is 5.08. The number of carboxylic acids is 1. The summed E-state index contributed by atoms with van der Waals surface area (Å²) in [4.78, 5) is 14.4. The highest BCUT2D eigenvalue weighted by molar-refractivity contribution is 7.16. The predicted octanol–water partition coefficient (Wildman–Crippen LogP) is 5.94. The molecule has 0 spiro atoms. The van der Waals surface area contributed by atoms with Gasteiger partial charge >= 0.3 is 5.97 Å². The van der Waals surface area contributed by atoms with Crippen LogP contribution in [0.2, 0.25) is 0 Å². The lowest BCUT2D eigenvalue weighted by molar-refractivity contribution is 0.0696. The van der Waals surface area contributed by atoms with Crippen molar-refractivity contribution in [2.75, 3.05) is 6.54 Å². The first-order chi connectivity index (χ1) is 15.3. The van der Waals surface area contributed by atoms with Crippen LogP contribution in [0.1, 0.15) is 58.6 Å². The summed E-state index contributed by atoms with van der Waals surface area (Å²) >= 11 is 1.66. The van der Waals surface area contributed by atoms with E-state index in [1.165, 1.54) is 10.4 Å². The van der Waals surface area contributed by atoms with Crippen molar-refractivity contribution in [2.45, 2.75) is 52.5 Å². The van der Waals surface area contributed by atoms with E-state index < -0.39 is 5.97 Å². The molecule has 1 aromatic heterocycles. The molecule has 0 unspecified atom stereocenters. The lowest BCUT2D eigenvalue weighted by Gasteiger charge is -2.29. The summed E-state index contributed by atoms with van der Waals surface area (Å²) < 4.78 is 0. The van der Waals surface area contributed by atoms with Crippen molar-refractivity contribution >= 4 is 17.3 Å². The highest BCUT2D eigenvalue weighted by atomic mass is 32.1. The highest BCUT2D eigenvalue weighted by Crippen LogP contribution is 2.45. The normalized spacial score (nSPS) is 15.0. The smallest absolute Gasteiger partial charge is 0.337 e. The van der Waals surface area contributed by atoms with Crippen LogP contribution in [-0.4, -0.2) is 22.6 Å². The Balaban J connectivity index is 1.55. The Bertz CT molecular complexity index is 1090. The third-order valence-electron chi connectivity index (χ3n) is 6.38. The van der Waals surface area contributed by atoms with Gasteiger partial charge in [0.15, 0.2) is 0 Å². The zero-order valence-electron chi connectivity index (χ0n) is 18.9. The van der Waals surface area contributed by atoms with Gasteiger partial charge in [-0.1, -0.05) is 68.4 Å². The van der Waals surface area contributed by atoms with Gasteiger partial charge in [-0.3, -0.25) is 5.84 Å². The Morgan fingerprint density at radius 3 is 2.59 bits per heavy atom. The number of aryl methyl sites for hydroxylation is 2. The van der Waals surface area contributed by atoms with E-state index in [4.69, 9.17) is 5.84 Å². The van der Waals surface area contributed by atoms with Gasteiger partial charge in [0.1, 0.15) is 0 Å². The third kappa shape index (κ3) is 5.12. The molecule has 0 saturated carbocycles. The molecule has 0 amide bonds. The van der Waals surface area contributed by atoms with Crippen LogP contribution in [0.3, 0.4) is 0 Å². The zero-order chi connectivity index (χ0) is 22.7. The van der Waals surface area contributed by atoms with Crippen LogP contribution in [-0.2, 0) is 25.8 Å². The Morgan fingerprint density at radius 1 is 1.12 bits per heavy atom. The maximum Gasteiger partial charge on any atom is 0.337 e. The van der Waals surface area contributed by atoms with Crippen molar-refractivity contribution in [2.24, 2.45) is 11.3 Å². The molecule has 3 aromatic rings. The SMILES string of the molecule is CC1(C)CCc2sc(-c3ccccc3CN(N)CCCc3ccccc3)c(C(=O)O)c2C1. The van der Waals surface area contributed by atoms with Gasteiger partial charge in [0.2, 0.25) is 0 Å². The number of rotatable bonds is 8. The van der Waals surface area contributed by atoms with Crippen LogP contribution in [0, 0.1) is 5.41 Å². The monoisotopic (exact) mass is 448 g/mol. The number of fused-ring (bicyclic) bond motifs is 1. The summed E-state index contributed by atoms with van der Waals surface area (Å²) in [5.74, 6) is 5.55. The minimum absolute atomic E-state index is 0.141. The molecule has 0 radical (unpaired) electrons. The number of hydrogen-bond acceptors (Lipinski definition) is 4. The number of nitrogens with zero attached hydrogens (tertiary/aromatic N) is 1. The second-order valence-electron chi connectivity index (χ2n) is 9.57. The van der Waals surface area contributed by atoms with E-state index in [0.717, 1.165) is 60.2 Å². The number of hydrogen-bond donors (Lipinski definition) is 2. The van der Waals surface area contributed by atoms with Crippen LogP contribution < -0.4 is 5.84 Å². The largest absolute Gasteiger partial charge is 0.478 e. The second-order valence-corrected chi connectivity index (χ2v) is 10.7. The van der Waals surface area contributed by atoms with E-state index in [-0.39, 0.29) is 5.41 Å². The standard InChI is InChI=1S/C27H32N2O2S/c1-27(2)15-14-23-22(17-27)24(26(30)31)25(32-23)21-13-7-6-12-20(21)18-29(28)16-8-11-19-9-4-3-5-10-19/h3-7,9-10,12-13H,8,11,14-18,28H2,1-2H3,(H,30,31). The molecular formula is C27H32N2O2S. The molecule has 4 nitrogen and oxygen atoms in total. The minimum Gasteiger partial charge on any atom is -0.478 e. The number of carbonyl (C=O) groups is 1. The molecule has 3 N–H and O–H groups in total. The molecule has 5 heteroatoms. The third-order valence-corrected chi connectivity index (χ3v) is 7.70. The van der Waals surface area contributed by atoms with Crippen molar-refractivity contribution in [1.29, 1.82) is 0 Å². The molecule has 0 atom stereocenters. The Hall–Kier alpha value is -2.47. The molecule has 168 valence electrons. The van der Waals surface area contributed by atoms with E-state index in [2.05, 4.69) is 44.2 Å². The molecule has 0 fully saturated rings. The van der Waals surface area contributed by atoms with Crippen molar-refractivity contribution < 1.29 is 9.90 Å². The number of nitrogens with two attached hydrogens (primary N) is 1. The second kappa shape index (κ2) is 9.57. The van der Waals surface area contributed by atoms with E-state index in [1.54, 1.807) is 11.3 Å². The lowest BCUT2D eigenvalue weighted by Crippen LogP contribution is -2.31. The number of benzene rings is 2. The van der Waals surface area contributed by atoms with Gasteiger partial charge < -0.3 is 5.11 Å². The van der Waals surface area contributed by atoms with Crippen molar-refractivity contribution in [1.82, 2.24) is 5.01 Å². The van der Waals surface area contributed by atoms with Gasteiger partial charge in [-0.05, 0) is 59.8 Å². The Labute approximate surface area is 194 Å². The maximum absolute atomic E-state index is 12.3. The molecule has 1 aliphatic rings. The molecule has 2 aromatic carbocycles. The number of hydrazine groups is 1. The van der Waals surface area contributed by atoms with Gasteiger partial charge in [-0.25, -0.2) is 9.80 Å². The summed E-state index contributed by atoms with van der Waals surface area (Å²) in [6, 6.07) is 18.6. The van der Waals surface area contributed by atoms with E-state index in [1.807, 2.05) is 29.3 Å². The number of aromatic carboxylic acids is 1. The molecule has 32 heavy (non-hydrogen) atoms. The molecule has 4 rings (SSSR count). The number of carboxylic acid groups (broad SMARTS) is 1. The maximum atomic E-state index is 12.3. The summed E-state index contributed by atoms with van der Waals surface area (Å²) in [6.45, 7) is 5.84. The van der Waals surface area contributed by atoms with Gasteiger partial charge in [0.05, 0.1) is 5.56 Å². The minimum atomic E-state index is -0.822. The first-order valence-electron chi connectivity index (χ1n) is 11.3. The quantitative estimate of drug-likeness (QED) is 0.331. The summed E-state index contributed by atoms with van der Waals surface area (Å²) in [6.07, 6.45) is 4.85. The fourth-order valence-corrected chi connectivity index (χ4v) is 6.01. The van der Waals surface area contributed by atoms with Gasteiger partial charge in [-0.2, -0.15) is 0 Å². The van der Waals surface area contributed by atoms with E-state index in [9.17, 15) is 9.90 Å². The average Bonchev–Trinajstić information content (AvgIpc) is 3.12. The van der Waals surface area contributed by atoms with Crippen LogP contribution in [0.4, 0.5) is 0 Å². The molecule has 1 heterocycles. The molecule has 0 saturated heterocycles. The van der Waals surface area contributed by atoms with Crippen molar-refractivity contribution in [3.63, 3.8) is 0 Å². The van der Waals surface area contributed by atoms with Crippen LogP contribution in [0.5, 0.6) is 0 Å². The predicted molar refractivity (Wildman–Crippen MR) is 132 cm³/mol. The average molecular weight is 449 g/mol. The van der Waals surface area contributed by atoms with Crippen LogP contribution >= 0.6 is 11.3 Å². The van der Waals surface area contributed by atoms with Crippen molar-refractivity contribution in [3.05, 3.63) is 81.7 Å². The first kappa shape index (κ1) is 22.7. The first-order valence-corrected chi connectivity index (χ1v) is 12.2. The topological polar surface area (TPSA) is 66.6 Å². The van der Waals surface area contributed by atoms with E-state index >= 15 is 0 Å². The molecule has 0 bridgehead atoms. The van der Waals surface area contributed by atoms with Crippen LogP contribution in [0.15, 0.2) is 54.6 Å². The fourth-order valence-electron chi connectivity index (χ4n) is 4.64. The number of thiophene rings is 1. The molecular weight excluding hydrogens is 416 g/mol. The van der Waals surface area contributed by atoms with Crippen molar-refractivity contribution in [3.8, 4) is 10.4 Å².